The van der Waals surface area contributed by atoms with Crippen LogP contribution in [0.5, 0.6) is 0 Å². The number of benzene rings is 1. The predicted molar refractivity (Wildman–Crippen MR) is 131 cm³/mol. The number of ether oxygens (including phenoxy) is 1. The highest BCUT2D eigenvalue weighted by Gasteiger charge is 2.24. The van der Waals surface area contributed by atoms with Crippen LogP contribution in [0.3, 0.4) is 0 Å². The zero-order chi connectivity index (χ0) is 23.8. The number of carbonyl (C=O) groups excluding carboxylic acids is 1. The van der Waals surface area contributed by atoms with Crippen molar-refractivity contribution >= 4 is 23.4 Å². The first-order valence-corrected chi connectivity index (χ1v) is 12.2. The number of carbonyl (C=O) groups is 1. The summed E-state index contributed by atoms with van der Waals surface area (Å²) in [5, 5.41) is 11.0. The Hall–Kier alpha value is -2.22. The van der Waals surface area contributed by atoms with Crippen molar-refractivity contribution in [2.75, 3.05) is 44.2 Å². The van der Waals surface area contributed by atoms with Gasteiger partial charge in [-0.15, -0.1) is 0 Å². The number of piperazine rings is 1. The second kappa shape index (κ2) is 12.3. The molecule has 1 aliphatic rings. The van der Waals surface area contributed by atoms with E-state index in [0.29, 0.717) is 13.0 Å². The van der Waals surface area contributed by atoms with Gasteiger partial charge in [-0.1, -0.05) is 37.6 Å². The van der Waals surface area contributed by atoms with E-state index in [2.05, 4.69) is 28.9 Å². The molecule has 0 spiro atoms. The third kappa shape index (κ3) is 7.39. The maximum atomic E-state index is 11.5. The summed E-state index contributed by atoms with van der Waals surface area (Å²) in [6.45, 7) is 9.80. The van der Waals surface area contributed by atoms with Gasteiger partial charge in [-0.25, -0.2) is 9.97 Å². The Balaban J connectivity index is 1.65. The fraction of sp³-hybridized carbons (Fsp3) is 0.560. The Labute approximate surface area is 201 Å². The summed E-state index contributed by atoms with van der Waals surface area (Å²) in [7, 11) is 0. The summed E-state index contributed by atoms with van der Waals surface area (Å²) in [5.41, 5.74) is 3.43. The molecule has 33 heavy (non-hydrogen) atoms. The van der Waals surface area contributed by atoms with Gasteiger partial charge in [0.1, 0.15) is 24.4 Å². The van der Waals surface area contributed by atoms with Crippen LogP contribution >= 0.6 is 11.6 Å². The van der Waals surface area contributed by atoms with Crippen molar-refractivity contribution in [3.8, 4) is 0 Å². The highest BCUT2D eigenvalue weighted by Crippen LogP contribution is 2.26. The number of anilines is 1. The Morgan fingerprint density at radius 1 is 1.15 bits per heavy atom. The van der Waals surface area contributed by atoms with E-state index >= 15 is 0 Å². The van der Waals surface area contributed by atoms with E-state index < -0.39 is 6.10 Å². The molecule has 0 amide bonds. The van der Waals surface area contributed by atoms with Crippen LogP contribution in [-0.4, -0.2) is 71.4 Å². The lowest BCUT2D eigenvalue weighted by atomic mass is 10.0. The number of aliphatic hydroxyl groups is 1. The first-order chi connectivity index (χ1) is 15.9. The molecule has 1 aliphatic heterocycles. The highest BCUT2D eigenvalue weighted by molar-refractivity contribution is 6.30. The first kappa shape index (κ1) is 25.4. The molecule has 8 heteroatoms. The maximum Gasteiger partial charge on any atom is 0.305 e. The first-order valence-electron chi connectivity index (χ1n) is 11.8. The van der Waals surface area contributed by atoms with Crippen LogP contribution in [0.1, 0.15) is 49.3 Å². The van der Waals surface area contributed by atoms with E-state index in [-0.39, 0.29) is 12.6 Å². The number of hydrogen-bond acceptors (Lipinski definition) is 7. The molecular weight excluding hydrogens is 440 g/mol. The Morgan fingerprint density at radius 2 is 1.85 bits per heavy atom. The number of nitrogens with zero attached hydrogens (tertiary/aromatic N) is 4. The van der Waals surface area contributed by atoms with Gasteiger partial charge in [0.15, 0.2) is 0 Å². The van der Waals surface area contributed by atoms with Crippen molar-refractivity contribution in [2.45, 2.75) is 52.6 Å². The molecule has 1 aromatic carbocycles. The number of halogens is 1. The van der Waals surface area contributed by atoms with Crippen LogP contribution in [0.4, 0.5) is 5.82 Å². The molecule has 1 atom stereocenters. The molecule has 180 valence electrons. The highest BCUT2D eigenvalue weighted by atomic mass is 35.5. The third-order valence-electron chi connectivity index (χ3n) is 5.84. The molecule has 1 fully saturated rings. The largest absolute Gasteiger partial charge is 0.463 e. The topological polar surface area (TPSA) is 78.8 Å². The van der Waals surface area contributed by atoms with E-state index in [9.17, 15) is 9.90 Å². The van der Waals surface area contributed by atoms with Crippen molar-refractivity contribution < 1.29 is 14.6 Å². The number of aromatic nitrogens is 2. The van der Waals surface area contributed by atoms with E-state index in [1.165, 1.54) is 11.1 Å². The normalized spacial score (nSPS) is 15.5. The number of aryl methyl sites for hydroxylation is 2. The SMILES string of the molecule is CCCC(=O)OC[C@H](O)CN1CCN(c2nc(C)nc(CC)c2Cc2ccc(Cl)cc2)CC1. The van der Waals surface area contributed by atoms with Crippen LogP contribution < -0.4 is 4.90 Å². The molecule has 0 bridgehead atoms. The molecule has 1 aromatic heterocycles. The van der Waals surface area contributed by atoms with Crippen LogP contribution in [0.25, 0.3) is 0 Å². The minimum absolute atomic E-state index is 0.0508. The molecule has 0 radical (unpaired) electrons. The average Bonchev–Trinajstić information content (AvgIpc) is 2.80. The molecular formula is C25H35ClN4O3. The molecule has 7 nitrogen and oxygen atoms in total. The molecule has 2 heterocycles. The summed E-state index contributed by atoms with van der Waals surface area (Å²) < 4.78 is 5.14. The molecule has 1 N–H and O–H groups in total. The second-order valence-electron chi connectivity index (χ2n) is 8.55. The van der Waals surface area contributed by atoms with Gasteiger partial charge in [-0.2, -0.15) is 0 Å². The van der Waals surface area contributed by atoms with Crippen LogP contribution in [-0.2, 0) is 22.4 Å². The Morgan fingerprint density at radius 3 is 2.48 bits per heavy atom. The fourth-order valence-corrected chi connectivity index (χ4v) is 4.26. The zero-order valence-electron chi connectivity index (χ0n) is 19.9. The summed E-state index contributed by atoms with van der Waals surface area (Å²) in [4.78, 5) is 25.6. The molecule has 1 saturated heterocycles. The minimum atomic E-state index is -0.675. The summed E-state index contributed by atoms with van der Waals surface area (Å²) >= 11 is 6.07. The monoisotopic (exact) mass is 474 g/mol. The third-order valence-corrected chi connectivity index (χ3v) is 6.10. The second-order valence-corrected chi connectivity index (χ2v) is 8.99. The van der Waals surface area contributed by atoms with Gasteiger partial charge in [0, 0.05) is 61.8 Å². The maximum absolute atomic E-state index is 11.5. The summed E-state index contributed by atoms with van der Waals surface area (Å²) in [6, 6.07) is 7.94. The van der Waals surface area contributed by atoms with Crippen molar-refractivity contribution in [1.82, 2.24) is 14.9 Å². The van der Waals surface area contributed by atoms with E-state index in [1.807, 2.05) is 26.0 Å². The standard InChI is InChI=1S/C25H35ClN4O3/c1-4-6-24(32)33-17-21(31)16-29-11-13-30(14-12-29)25-22(23(5-2)27-18(3)28-25)15-19-7-9-20(26)10-8-19/h7-10,21,31H,4-6,11-17H2,1-3H3/t21-/m1/s1. The minimum Gasteiger partial charge on any atom is -0.463 e. The molecule has 0 unspecified atom stereocenters. The number of esters is 1. The van der Waals surface area contributed by atoms with Gasteiger partial charge >= 0.3 is 5.97 Å². The van der Waals surface area contributed by atoms with E-state index in [0.717, 1.165) is 67.8 Å². The van der Waals surface area contributed by atoms with Crippen LogP contribution in [0, 0.1) is 6.92 Å². The van der Waals surface area contributed by atoms with E-state index in [1.54, 1.807) is 0 Å². The van der Waals surface area contributed by atoms with Gasteiger partial charge in [-0.3, -0.25) is 9.69 Å². The quantitative estimate of drug-likeness (QED) is 0.528. The summed E-state index contributed by atoms with van der Waals surface area (Å²) in [6.07, 6.45) is 2.08. The molecule has 0 saturated carbocycles. The van der Waals surface area contributed by atoms with Gasteiger partial charge in [0.2, 0.25) is 0 Å². The van der Waals surface area contributed by atoms with Crippen LogP contribution in [0.2, 0.25) is 5.02 Å². The van der Waals surface area contributed by atoms with E-state index in [4.69, 9.17) is 26.3 Å². The number of β-amino-alcohol motifs (C(OH)–C–C–N with tert-alkyl or cyclic N) is 1. The van der Waals surface area contributed by atoms with Gasteiger partial charge in [0.25, 0.3) is 0 Å². The number of aliphatic hydroxyl groups excluding tert-OH is 1. The number of rotatable bonds is 10. The van der Waals surface area contributed by atoms with Crippen molar-refractivity contribution in [3.05, 3.63) is 51.9 Å². The van der Waals surface area contributed by atoms with Crippen LogP contribution in [0.15, 0.2) is 24.3 Å². The molecule has 3 rings (SSSR count). The Kier molecular flexibility index (Phi) is 9.47. The van der Waals surface area contributed by atoms with Gasteiger partial charge in [-0.05, 0) is 37.5 Å². The smallest absolute Gasteiger partial charge is 0.305 e. The van der Waals surface area contributed by atoms with Gasteiger partial charge in [0.05, 0.1) is 0 Å². The zero-order valence-corrected chi connectivity index (χ0v) is 20.6. The number of hydrogen-bond donors (Lipinski definition) is 1. The lowest BCUT2D eigenvalue weighted by molar-refractivity contribution is -0.147. The lowest BCUT2D eigenvalue weighted by Crippen LogP contribution is -2.49. The molecule has 2 aromatic rings. The molecule has 0 aliphatic carbocycles. The fourth-order valence-electron chi connectivity index (χ4n) is 4.14. The average molecular weight is 475 g/mol. The Bertz CT molecular complexity index is 915. The van der Waals surface area contributed by atoms with Crippen molar-refractivity contribution in [1.29, 1.82) is 0 Å². The predicted octanol–water partition coefficient (Wildman–Crippen LogP) is 3.42. The lowest BCUT2D eigenvalue weighted by Gasteiger charge is -2.37. The van der Waals surface area contributed by atoms with Gasteiger partial charge < -0.3 is 14.7 Å². The summed E-state index contributed by atoms with van der Waals surface area (Å²) in [5.74, 6) is 1.54. The van der Waals surface area contributed by atoms with Crippen molar-refractivity contribution in [2.24, 2.45) is 0 Å². The van der Waals surface area contributed by atoms with Crippen molar-refractivity contribution in [3.63, 3.8) is 0 Å².